The molecule has 2 aromatic carbocycles. The highest BCUT2D eigenvalue weighted by atomic mass is 16.6. The van der Waals surface area contributed by atoms with Crippen LogP contribution in [0.3, 0.4) is 0 Å². The summed E-state index contributed by atoms with van der Waals surface area (Å²) in [6.45, 7) is 6.37. The van der Waals surface area contributed by atoms with Gasteiger partial charge in [-0.2, -0.15) is 0 Å². The molecular formula is C31H37N3O3. The molecule has 2 unspecified atom stereocenters. The van der Waals surface area contributed by atoms with Crippen LogP contribution in [0.5, 0.6) is 0 Å². The SMILES string of the molecule is Cc1cc(-c2ccc(C(C)N3CCC(CCCN4CCCC4=O)OC3=O)cc2)ccn1.c1ccccc1. The molecule has 0 radical (unpaired) electrons. The number of benzene rings is 2. The van der Waals surface area contributed by atoms with Gasteiger partial charge in [-0.15, -0.1) is 0 Å². The summed E-state index contributed by atoms with van der Waals surface area (Å²) in [6, 6.07) is 24.4. The molecule has 0 bridgehead atoms. The highest BCUT2D eigenvalue weighted by molar-refractivity contribution is 5.78. The Balaban J connectivity index is 0.000000469. The third-order valence-electron chi connectivity index (χ3n) is 7.08. The van der Waals surface area contributed by atoms with E-state index in [0.29, 0.717) is 13.0 Å². The number of carbonyl (C=O) groups excluding carboxylic acids is 2. The summed E-state index contributed by atoms with van der Waals surface area (Å²) >= 11 is 0. The van der Waals surface area contributed by atoms with E-state index in [4.69, 9.17) is 4.74 Å². The van der Waals surface area contributed by atoms with Gasteiger partial charge in [0, 0.05) is 44.4 Å². The van der Waals surface area contributed by atoms with E-state index in [1.54, 1.807) is 0 Å². The van der Waals surface area contributed by atoms with E-state index in [-0.39, 0.29) is 24.1 Å². The highest BCUT2D eigenvalue weighted by Crippen LogP contribution is 2.28. The average Bonchev–Trinajstić information content (AvgIpc) is 3.34. The first-order valence-corrected chi connectivity index (χ1v) is 13.3. The van der Waals surface area contributed by atoms with Crippen molar-refractivity contribution in [2.75, 3.05) is 19.6 Å². The molecule has 6 heteroatoms. The van der Waals surface area contributed by atoms with Gasteiger partial charge >= 0.3 is 6.09 Å². The quantitative estimate of drug-likeness (QED) is 0.376. The van der Waals surface area contributed by atoms with Gasteiger partial charge < -0.3 is 14.5 Å². The van der Waals surface area contributed by atoms with Gasteiger partial charge in [0.15, 0.2) is 0 Å². The molecule has 2 saturated heterocycles. The lowest BCUT2D eigenvalue weighted by Gasteiger charge is -2.36. The monoisotopic (exact) mass is 499 g/mol. The maximum absolute atomic E-state index is 12.6. The van der Waals surface area contributed by atoms with Gasteiger partial charge in [0.2, 0.25) is 5.91 Å². The number of hydrogen-bond acceptors (Lipinski definition) is 4. The maximum atomic E-state index is 12.6. The number of ether oxygens (including phenoxy) is 1. The summed E-state index contributed by atoms with van der Waals surface area (Å²) in [6.07, 6.45) is 5.71. The van der Waals surface area contributed by atoms with Gasteiger partial charge in [0.05, 0.1) is 6.04 Å². The third kappa shape index (κ3) is 7.42. The minimum absolute atomic E-state index is 0.0381. The van der Waals surface area contributed by atoms with Crippen LogP contribution in [0.4, 0.5) is 4.79 Å². The van der Waals surface area contributed by atoms with Crippen LogP contribution in [-0.2, 0) is 9.53 Å². The largest absolute Gasteiger partial charge is 0.446 e. The second-order valence-electron chi connectivity index (χ2n) is 9.75. The van der Waals surface area contributed by atoms with Crippen LogP contribution in [0.25, 0.3) is 11.1 Å². The summed E-state index contributed by atoms with van der Waals surface area (Å²) in [5, 5.41) is 0. The van der Waals surface area contributed by atoms with E-state index < -0.39 is 0 Å². The molecule has 0 saturated carbocycles. The van der Waals surface area contributed by atoms with Gasteiger partial charge in [-0.05, 0) is 61.9 Å². The first-order valence-electron chi connectivity index (χ1n) is 13.3. The number of hydrogen-bond donors (Lipinski definition) is 0. The number of nitrogens with zero attached hydrogens (tertiary/aromatic N) is 3. The number of aryl methyl sites for hydroxylation is 1. The van der Waals surface area contributed by atoms with Crippen LogP contribution in [0.1, 0.15) is 56.3 Å². The Hall–Kier alpha value is -3.67. The second-order valence-corrected chi connectivity index (χ2v) is 9.75. The van der Waals surface area contributed by atoms with Crippen molar-refractivity contribution >= 4 is 12.0 Å². The Labute approximate surface area is 220 Å². The number of aromatic nitrogens is 1. The molecule has 0 aliphatic carbocycles. The van der Waals surface area contributed by atoms with Crippen molar-refractivity contribution in [2.24, 2.45) is 0 Å². The fraction of sp³-hybridized carbons (Fsp3) is 0.387. The van der Waals surface area contributed by atoms with Crippen LogP contribution in [0, 0.1) is 6.92 Å². The lowest BCUT2D eigenvalue weighted by Crippen LogP contribution is -2.43. The molecule has 6 nitrogen and oxygen atoms in total. The summed E-state index contributed by atoms with van der Waals surface area (Å²) in [4.78, 5) is 32.3. The van der Waals surface area contributed by atoms with Crippen molar-refractivity contribution in [3.63, 3.8) is 0 Å². The molecule has 5 rings (SSSR count). The first-order chi connectivity index (χ1) is 18.0. The molecule has 2 atom stereocenters. The van der Waals surface area contributed by atoms with Crippen molar-refractivity contribution in [3.05, 3.63) is 90.3 Å². The average molecular weight is 500 g/mol. The van der Waals surface area contributed by atoms with Gasteiger partial charge in [-0.1, -0.05) is 60.7 Å². The lowest BCUT2D eigenvalue weighted by molar-refractivity contribution is -0.127. The zero-order valence-electron chi connectivity index (χ0n) is 21.9. The molecule has 2 aliphatic rings. The van der Waals surface area contributed by atoms with E-state index in [9.17, 15) is 9.59 Å². The van der Waals surface area contributed by atoms with Gasteiger partial charge in [-0.25, -0.2) is 4.79 Å². The van der Waals surface area contributed by atoms with Crippen LogP contribution in [-0.4, -0.2) is 52.5 Å². The molecule has 2 amide bonds. The predicted molar refractivity (Wildman–Crippen MR) is 146 cm³/mol. The summed E-state index contributed by atoms with van der Waals surface area (Å²) in [5.74, 6) is 0.255. The van der Waals surface area contributed by atoms with E-state index in [2.05, 4.69) is 35.3 Å². The van der Waals surface area contributed by atoms with Gasteiger partial charge in [-0.3, -0.25) is 9.78 Å². The topological polar surface area (TPSA) is 62.7 Å². The van der Waals surface area contributed by atoms with Gasteiger partial charge in [0.25, 0.3) is 0 Å². The van der Waals surface area contributed by atoms with Crippen LogP contribution >= 0.6 is 0 Å². The van der Waals surface area contributed by atoms with Crippen molar-refractivity contribution in [1.29, 1.82) is 0 Å². The fourth-order valence-electron chi connectivity index (χ4n) is 4.89. The molecule has 2 aliphatic heterocycles. The number of rotatable bonds is 7. The molecule has 0 spiro atoms. The van der Waals surface area contributed by atoms with Crippen LogP contribution in [0.2, 0.25) is 0 Å². The highest BCUT2D eigenvalue weighted by Gasteiger charge is 2.31. The number of likely N-dealkylation sites (tertiary alicyclic amines) is 1. The summed E-state index contributed by atoms with van der Waals surface area (Å²) in [7, 11) is 0. The Morgan fingerprint density at radius 1 is 0.973 bits per heavy atom. The van der Waals surface area contributed by atoms with Crippen LogP contribution < -0.4 is 0 Å². The molecule has 2 fully saturated rings. The second kappa shape index (κ2) is 13.0. The van der Waals surface area contributed by atoms with E-state index >= 15 is 0 Å². The van der Waals surface area contributed by atoms with E-state index in [1.807, 2.05) is 72.3 Å². The van der Waals surface area contributed by atoms with Crippen LogP contribution in [0.15, 0.2) is 79.0 Å². The fourth-order valence-corrected chi connectivity index (χ4v) is 4.89. The van der Waals surface area contributed by atoms with E-state index in [0.717, 1.165) is 61.2 Å². The first kappa shape index (κ1) is 26.4. The maximum Gasteiger partial charge on any atom is 0.410 e. The van der Waals surface area contributed by atoms with Crippen molar-refractivity contribution in [3.8, 4) is 11.1 Å². The molecule has 3 aromatic rings. The standard InChI is InChI=1S/C25H31N3O3.C6H6/c1-18-17-22(11-13-26-18)21-9-7-20(8-10-21)19(2)28-16-12-23(31-25(28)30)5-3-14-27-15-4-6-24(27)29;1-2-4-6-5-3-1/h7-11,13,17,19,23H,3-6,12,14-16H2,1-2H3;1-6H. The molecule has 37 heavy (non-hydrogen) atoms. The van der Waals surface area contributed by atoms with E-state index in [1.165, 1.54) is 0 Å². The predicted octanol–water partition coefficient (Wildman–Crippen LogP) is 6.42. The Morgan fingerprint density at radius 2 is 1.68 bits per heavy atom. The molecule has 194 valence electrons. The van der Waals surface area contributed by atoms with Crippen molar-refractivity contribution < 1.29 is 14.3 Å². The number of amides is 2. The normalized spacial score (nSPS) is 18.2. The van der Waals surface area contributed by atoms with Gasteiger partial charge in [0.1, 0.15) is 6.10 Å². The van der Waals surface area contributed by atoms with Crippen molar-refractivity contribution in [2.45, 2.75) is 58.1 Å². The number of carbonyl (C=O) groups is 2. The summed E-state index contributed by atoms with van der Waals surface area (Å²) in [5.41, 5.74) is 4.37. The lowest BCUT2D eigenvalue weighted by atomic mass is 10.00. The Bertz CT molecular complexity index is 1120. The number of pyridine rings is 1. The Kier molecular flexibility index (Phi) is 9.30. The zero-order valence-corrected chi connectivity index (χ0v) is 21.9. The summed E-state index contributed by atoms with van der Waals surface area (Å²) < 4.78 is 5.72. The van der Waals surface area contributed by atoms with Crippen molar-refractivity contribution in [1.82, 2.24) is 14.8 Å². The smallest absolute Gasteiger partial charge is 0.410 e. The Morgan fingerprint density at radius 3 is 2.27 bits per heavy atom. The molecule has 0 N–H and O–H groups in total. The minimum atomic E-state index is -0.241. The third-order valence-corrected chi connectivity index (χ3v) is 7.08. The zero-order chi connectivity index (χ0) is 26.0. The molecular weight excluding hydrogens is 462 g/mol. The number of cyclic esters (lactones) is 1. The minimum Gasteiger partial charge on any atom is -0.446 e. The molecule has 3 heterocycles. The molecule has 1 aromatic heterocycles.